The minimum Gasteiger partial charge on any atom is -0.362 e. The molecule has 0 unspecified atom stereocenters. The van der Waals surface area contributed by atoms with Crippen molar-refractivity contribution < 1.29 is 4.39 Å². The molecule has 116 valence electrons. The van der Waals surface area contributed by atoms with Crippen LogP contribution in [0.3, 0.4) is 0 Å². The van der Waals surface area contributed by atoms with Gasteiger partial charge in [0.2, 0.25) is 0 Å². The molecule has 0 aromatic heterocycles. The molecular formula is C18H21FN2S. The largest absolute Gasteiger partial charge is 0.362 e. The van der Waals surface area contributed by atoms with Crippen molar-refractivity contribution in [1.82, 2.24) is 5.32 Å². The van der Waals surface area contributed by atoms with Crippen molar-refractivity contribution in [3.8, 4) is 0 Å². The molecule has 0 aliphatic rings. The Labute approximate surface area is 136 Å². The summed E-state index contributed by atoms with van der Waals surface area (Å²) in [7, 11) is 0. The molecule has 0 fully saturated rings. The van der Waals surface area contributed by atoms with Crippen LogP contribution in [0.15, 0.2) is 42.5 Å². The Balaban J connectivity index is 1.72. The van der Waals surface area contributed by atoms with Crippen LogP contribution < -0.4 is 10.6 Å². The first-order valence-electron chi connectivity index (χ1n) is 7.41. The monoisotopic (exact) mass is 316 g/mol. The molecule has 2 N–H and O–H groups in total. The van der Waals surface area contributed by atoms with E-state index in [1.165, 1.54) is 23.3 Å². The number of hydrogen-bond acceptors (Lipinski definition) is 1. The van der Waals surface area contributed by atoms with Crippen LogP contribution in [0.2, 0.25) is 0 Å². The van der Waals surface area contributed by atoms with Crippen LogP contribution in [0.4, 0.5) is 10.1 Å². The van der Waals surface area contributed by atoms with E-state index in [4.69, 9.17) is 12.2 Å². The number of benzene rings is 2. The summed E-state index contributed by atoms with van der Waals surface area (Å²) < 4.78 is 12.8. The lowest BCUT2D eigenvalue weighted by Gasteiger charge is -2.13. The number of rotatable bonds is 5. The molecule has 0 saturated carbocycles. The molecule has 0 aliphatic heterocycles. The fourth-order valence-corrected chi connectivity index (χ4v) is 2.48. The molecule has 0 radical (unpaired) electrons. The first kappa shape index (κ1) is 16.4. The van der Waals surface area contributed by atoms with Gasteiger partial charge in [0.25, 0.3) is 0 Å². The second-order valence-corrected chi connectivity index (χ2v) is 5.84. The molecule has 0 amide bonds. The van der Waals surface area contributed by atoms with Gasteiger partial charge in [-0.2, -0.15) is 0 Å². The van der Waals surface area contributed by atoms with Crippen LogP contribution in [0.25, 0.3) is 0 Å². The normalized spacial score (nSPS) is 10.3. The van der Waals surface area contributed by atoms with E-state index in [2.05, 4.69) is 36.6 Å². The summed E-state index contributed by atoms with van der Waals surface area (Å²) in [6.07, 6.45) is 1.85. The zero-order chi connectivity index (χ0) is 15.9. The van der Waals surface area contributed by atoms with E-state index >= 15 is 0 Å². The van der Waals surface area contributed by atoms with Gasteiger partial charge in [-0.25, -0.2) is 4.39 Å². The molecule has 2 aromatic carbocycles. The molecule has 22 heavy (non-hydrogen) atoms. The summed E-state index contributed by atoms with van der Waals surface area (Å²) in [4.78, 5) is 0. The van der Waals surface area contributed by atoms with E-state index in [-0.39, 0.29) is 5.82 Å². The van der Waals surface area contributed by atoms with Gasteiger partial charge in [-0.15, -0.1) is 0 Å². The molecular weight excluding hydrogens is 295 g/mol. The quantitative estimate of drug-likeness (QED) is 0.633. The van der Waals surface area contributed by atoms with E-state index in [0.717, 1.165) is 30.6 Å². The van der Waals surface area contributed by atoms with Crippen molar-refractivity contribution in [2.45, 2.75) is 26.7 Å². The maximum Gasteiger partial charge on any atom is 0.170 e. The number of anilines is 1. The minimum absolute atomic E-state index is 0.194. The minimum atomic E-state index is -0.194. The van der Waals surface area contributed by atoms with Crippen molar-refractivity contribution in [2.24, 2.45) is 0 Å². The number of aryl methyl sites for hydroxylation is 3. The fourth-order valence-electron chi connectivity index (χ4n) is 2.27. The average molecular weight is 316 g/mol. The van der Waals surface area contributed by atoms with E-state index in [9.17, 15) is 4.39 Å². The van der Waals surface area contributed by atoms with Gasteiger partial charge >= 0.3 is 0 Å². The van der Waals surface area contributed by atoms with Gasteiger partial charge in [0.15, 0.2) is 5.11 Å². The Morgan fingerprint density at radius 2 is 1.82 bits per heavy atom. The van der Waals surface area contributed by atoms with Crippen LogP contribution in [-0.4, -0.2) is 11.7 Å². The van der Waals surface area contributed by atoms with Crippen molar-refractivity contribution in [3.63, 3.8) is 0 Å². The highest BCUT2D eigenvalue weighted by Gasteiger charge is 2.01. The highest BCUT2D eigenvalue weighted by Crippen LogP contribution is 2.15. The Hall–Kier alpha value is -1.94. The molecule has 0 heterocycles. The van der Waals surface area contributed by atoms with Crippen LogP contribution in [0, 0.1) is 19.7 Å². The van der Waals surface area contributed by atoms with Gasteiger partial charge < -0.3 is 10.6 Å². The zero-order valence-electron chi connectivity index (χ0n) is 12.9. The van der Waals surface area contributed by atoms with Crippen molar-refractivity contribution >= 4 is 23.0 Å². The lowest BCUT2D eigenvalue weighted by atomic mass is 10.1. The molecule has 4 heteroatoms. The third-order valence-electron chi connectivity index (χ3n) is 3.47. The average Bonchev–Trinajstić information content (AvgIpc) is 2.48. The molecule has 2 nitrogen and oxygen atoms in total. The smallest absolute Gasteiger partial charge is 0.170 e. The number of halogens is 1. The maximum absolute atomic E-state index is 12.8. The third-order valence-corrected chi connectivity index (χ3v) is 3.72. The second-order valence-electron chi connectivity index (χ2n) is 5.43. The summed E-state index contributed by atoms with van der Waals surface area (Å²) >= 11 is 5.30. The molecule has 0 bridgehead atoms. The topological polar surface area (TPSA) is 24.1 Å². The molecule has 2 aromatic rings. The van der Waals surface area contributed by atoms with Gasteiger partial charge in [-0.3, -0.25) is 0 Å². The predicted octanol–water partition coefficient (Wildman–Crippen LogP) is 4.36. The fraction of sp³-hybridized carbons (Fsp3) is 0.278. The number of thiocarbonyl (C=S) groups is 1. The van der Waals surface area contributed by atoms with E-state index in [1.807, 2.05) is 18.2 Å². The van der Waals surface area contributed by atoms with E-state index in [0.29, 0.717) is 5.11 Å². The Morgan fingerprint density at radius 1 is 1.09 bits per heavy atom. The van der Waals surface area contributed by atoms with Crippen LogP contribution in [0.5, 0.6) is 0 Å². The van der Waals surface area contributed by atoms with Gasteiger partial charge in [-0.05, 0) is 68.2 Å². The summed E-state index contributed by atoms with van der Waals surface area (Å²) in [5.74, 6) is -0.194. The zero-order valence-corrected chi connectivity index (χ0v) is 13.8. The summed E-state index contributed by atoms with van der Waals surface area (Å²) in [5, 5.41) is 7.05. The molecule has 0 atom stereocenters. The number of nitrogens with one attached hydrogen (secondary N) is 2. The summed E-state index contributed by atoms with van der Waals surface area (Å²) in [6.45, 7) is 4.92. The standard InChI is InChI=1S/C18H21FN2S/c1-13-5-10-17(14(2)12-13)21-18(22)20-11-3-4-15-6-8-16(19)9-7-15/h5-10,12H,3-4,11H2,1-2H3,(H2,20,21,22). The highest BCUT2D eigenvalue weighted by molar-refractivity contribution is 7.80. The van der Waals surface area contributed by atoms with Gasteiger partial charge in [-0.1, -0.05) is 29.8 Å². The molecule has 2 rings (SSSR count). The first-order valence-corrected chi connectivity index (χ1v) is 7.82. The highest BCUT2D eigenvalue weighted by atomic mass is 32.1. The Morgan fingerprint density at radius 3 is 2.50 bits per heavy atom. The van der Waals surface area contributed by atoms with Crippen molar-refractivity contribution in [3.05, 3.63) is 65.0 Å². The van der Waals surface area contributed by atoms with E-state index < -0.39 is 0 Å². The van der Waals surface area contributed by atoms with Crippen LogP contribution >= 0.6 is 12.2 Å². The molecule has 0 aliphatic carbocycles. The van der Waals surface area contributed by atoms with Gasteiger partial charge in [0, 0.05) is 12.2 Å². The summed E-state index contributed by atoms with van der Waals surface area (Å²) in [5.41, 5.74) is 4.58. The lowest BCUT2D eigenvalue weighted by Crippen LogP contribution is -2.29. The lowest BCUT2D eigenvalue weighted by molar-refractivity contribution is 0.626. The SMILES string of the molecule is Cc1ccc(NC(=S)NCCCc2ccc(F)cc2)c(C)c1. The Bertz CT molecular complexity index is 638. The number of hydrogen-bond donors (Lipinski definition) is 2. The van der Waals surface area contributed by atoms with Crippen LogP contribution in [0.1, 0.15) is 23.1 Å². The van der Waals surface area contributed by atoms with Crippen molar-refractivity contribution in [2.75, 3.05) is 11.9 Å². The summed E-state index contributed by atoms with van der Waals surface area (Å²) in [6, 6.07) is 12.9. The maximum atomic E-state index is 12.8. The molecule has 0 saturated heterocycles. The van der Waals surface area contributed by atoms with Crippen LogP contribution in [-0.2, 0) is 6.42 Å². The van der Waals surface area contributed by atoms with E-state index in [1.54, 1.807) is 0 Å². The van der Waals surface area contributed by atoms with Crippen molar-refractivity contribution in [1.29, 1.82) is 0 Å². The third kappa shape index (κ3) is 5.11. The predicted molar refractivity (Wildman–Crippen MR) is 94.9 cm³/mol. The first-order chi connectivity index (χ1) is 10.5. The Kier molecular flexibility index (Phi) is 5.90. The molecule has 0 spiro atoms. The second kappa shape index (κ2) is 7.90. The van der Waals surface area contributed by atoms with Gasteiger partial charge in [0.1, 0.15) is 5.82 Å². The van der Waals surface area contributed by atoms with Gasteiger partial charge in [0.05, 0.1) is 0 Å².